The van der Waals surface area contributed by atoms with E-state index < -0.39 is 0 Å². The summed E-state index contributed by atoms with van der Waals surface area (Å²) in [6, 6.07) is 0. The fourth-order valence-electron chi connectivity index (χ4n) is 2.88. The van der Waals surface area contributed by atoms with Crippen LogP contribution in [0.4, 0.5) is 0 Å². The molecule has 1 aromatic rings. The van der Waals surface area contributed by atoms with Crippen molar-refractivity contribution in [2.75, 3.05) is 18.1 Å². The van der Waals surface area contributed by atoms with Gasteiger partial charge in [-0.1, -0.05) is 0 Å². The molecule has 17 heavy (non-hydrogen) atoms. The number of imidazole rings is 1. The van der Waals surface area contributed by atoms with Crippen molar-refractivity contribution in [3.05, 3.63) is 17.7 Å². The van der Waals surface area contributed by atoms with Crippen molar-refractivity contribution in [1.82, 2.24) is 9.55 Å². The number of hydrogen-bond acceptors (Lipinski definition) is 3. The van der Waals surface area contributed by atoms with Crippen LogP contribution < -0.4 is 0 Å². The van der Waals surface area contributed by atoms with Gasteiger partial charge in [0.2, 0.25) is 0 Å². The van der Waals surface area contributed by atoms with E-state index in [2.05, 4.69) is 22.5 Å². The van der Waals surface area contributed by atoms with E-state index in [9.17, 15) is 5.11 Å². The number of hydrogen-bond donors (Lipinski definition) is 1. The zero-order chi connectivity index (χ0) is 11.7. The zero-order valence-corrected chi connectivity index (χ0v) is 11.0. The molecule has 3 heterocycles. The van der Waals surface area contributed by atoms with Crippen LogP contribution in [0.2, 0.25) is 0 Å². The van der Waals surface area contributed by atoms with Crippen LogP contribution in [0, 0.1) is 5.92 Å². The predicted molar refractivity (Wildman–Crippen MR) is 70.4 cm³/mol. The van der Waals surface area contributed by atoms with Crippen LogP contribution >= 0.6 is 11.8 Å². The summed E-state index contributed by atoms with van der Waals surface area (Å²) in [4.78, 5) is 4.82. The first-order valence-corrected chi connectivity index (χ1v) is 7.77. The number of aryl methyl sites for hydroxylation is 1. The number of thioether (sulfide) groups is 1. The number of aromatic nitrogens is 2. The molecule has 0 bridgehead atoms. The van der Waals surface area contributed by atoms with Crippen molar-refractivity contribution in [3.63, 3.8) is 0 Å². The van der Waals surface area contributed by atoms with Crippen LogP contribution in [0.3, 0.4) is 0 Å². The molecule has 1 N–H and O–H groups in total. The molecule has 0 radical (unpaired) electrons. The Balaban J connectivity index is 1.77. The molecule has 4 heteroatoms. The lowest BCUT2D eigenvalue weighted by Gasteiger charge is -2.21. The largest absolute Gasteiger partial charge is 0.396 e. The van der Waals surface area contributed by atoms with Crippen LogP contribution in [-0.2, 0) is 13.0 Å². The van der Waals surface area contributed by atoms with Crippen molar-refractivity contribution in [2.24, 2.45) is 5.92 Å². The van der Waals surface area contributed by atoms with E-state index in [0.29, 0.717) is 18.4 Å². The minimum atomic E-state index is 0.313. The Morgan fingerprint density at radius 3 is 2.94 bits per heavy atom. The van der Waals surface area contributed by atoms with E-state index in [-0.39, 0.29) is 0 Å². The highest BCUT2D eigenvalue weighted by Gasteiger charge is 2.23. The summed E-state index contributed by atoms with van der Waals surface area (Å²) < 4.78 is 2.28. The van der Waals surface area contributed by atoms with Crippen molar-refractivity contribution in [2.45, 2.75) is 38.1 Å². The summed E-state index contributed by atoms with van der Waals surface area (Å²) in [5.41, 5.74) is 1.30. The predicted octanol–water partition coefficient (Wildman–Crippen LogP) is 2.05. The Bertz CT molecular complexity index is 385. The van der Waals surface area contributed by atoms with Gasteiger partial charge < -0.3 is 9.67 Å². The number of aliphatic hydroxyl groups excluding tert-OH is 1. The first-order valence-electron chi connectivity index (χ1n) is 6.61. The zero-order valence-electron chi connectivity index (χ0n) is 10.1. The lowest BCUT2D eigenvalue weighted by Crippen LogP contribution is -2.22. The lowest BCUT2D eigenvalue weighted by atomic mass is 10.00. The molecular weight excluding hydrogens is 232 g/mol. The molecule has 1 atom stereocenters. The summed E-state index contributed by atoms with van der Waals surface area (Å²) in [5.74, 6) is 4.93. The standard InChI is InChI=1S/C13H20N2OS/c16-9-10-1-2-13-14-12(8-15(13)7-10)11-3-5-17-6-4-11/h8,10-11,16H,1-7,9H2. The van der Waals surface area contributed by atoms with Gasteiger partial charge in [0.1, 0.15) is 5.82 Å². The molecule has 0 aliphatic carbocycles. The van der Waals surface area contributed by atoms with Crippen molar-refractivity contribution in [1.29, 1.82) is 0 Å². The van der Waals surface area contributed by atoms with Gasteiger partial charge in [0, 0.05) is 37.6 Å². The topological polar surface area (TPSA) is 38.1 Å². The monoisotopic (exact) mass is 252 g/mol. The van der Waals surface area contributed by atoms with E-state index in [1.54, 1.807) is 0 Å². The smallest absolute Gasteiger partial charge is 0.108 e. The van der Waals surface area contributed by atoms with Crippen LogP contribution in [0.15, 0.2) is 6.20 Å². The number of aliphatic hydroxyl groups is 1. The molecular formula is C13H20N2OS. The molecule has 94 valence electrons. The highest BCUT2D eigenvalue weighted by molar-refractivity contribution is 7.99. The number of fused-ring (bicyclic) bond motifs is 1. The molecule has 3 rings (SSSR count). The van der Waals surface area contributed by atoms with E-state index in [4.69, 9.17) is 4.98 Å². The molecule has 0 spiro atoms. The first kappa shape index (κ1) is 11.6. The van der Waals surface area contributed by atoms with Crippen molar-refractivity contribution >= 4 is 11.8 Å². The van der Waals surface area contributed by atoms with Crippen molar-refractivity contribution < 1.29 is 5.11 Å². The van der Waals surface area contributed by atoms with Crippen LogP contribution in [0.1, 0.15) is 36.7 Å². The quantitative estimate of drug-likeness (QED) is 0.875. The number of nitrogens with zero attached hydrogens (tertiary/aromatic N) is 2. The Morgan fingerprint density at radius 2 is 2.18 bits per heavy atom. The molecule has 0 amide bonds. The minimum Gasteiger partial charge on any atom is -0.396 e. The maximum atomic E-state index is 9.24. The van der Waals surface area contributed by atoms with Crippen LogP contribution in [-0.4, -0.2) is 32.8 Å². The van der Waals surface area contributed by atoms with E-state index in [1.807, 2.05) is 0 Å². The molecule has 2 aliphatic rings. The Hall–Kier alpha value is -0.480. The van der Waals surface area contributed by atoms with Gasteiger partial charge in [-0.05, 0) is 30.8 Å². The summed E-state index contributed by atoms with van der Waals surface area (Å²) in [5, 5.41) is 9.24. The van der Waals surface area contributed by atoms with Gasteiger partial charge in [-0.25, -0.2) is 4.98 Å². The van der Waals surface area contributed by atoms with Gasteiger partial charge in [0.05, 0.1) is 5.69 Å². The molecule has 2 aliphatic heterocycles. The highest BCUT2D eigenvalue weighted by Crippen LogP contribution is 2.32. The third-order valence-electron chi connectivity index (χ3n) is 4.01. The lowest BCUT2D eigenvalue weighted by molar-refractivity contribution is 0.190. The third-order valence-corrected chi connectivity index (χ3v) is 5.06. The van der Waals surface area contributed by atoms with Crippen LogP contribution in [0.5, 0.6) is 0 Å². The van der Waals surface area contributed by atoms with E-state index in [0.717, 1.165) is 19.4 Å². The Morgan fingerprint density at radius 1 is 1.35 bits per heavy atom. The first-order chi connectivity index (χ1) is 8.36. The van der Waals surface area contributed by atoms with Gasteiger partial charge in [-0.15, -0.1) is 0 Å². The summed E-state index contributed by atoms with van der Waals surface area (Å²) in [7, 11) is 0. The second-order valence-electron chi connectivity index (χ2n) is 5.21. The third kappa shape index (κ3) is 2.38. The fraction of sp³-hybridized carbons (Fsp3) is 0.769. The maximum Gasteiger partial charge on any atom is 0.108 e. The highest BCUT2D eigenvalue weighted by atomic mass is 32.2. The molecule has 1 saturated heterocycles. The van der Waals surface area contributed by atoms with Gasteiger partial charge in [-0.3, -0.25) is 0 Å². The Labute approximate surface area is 107 Å². The molecule has 3 nitrogen and oxygen atoms in total. The SMILES string of the molecule is OCC1CCc2nc(C3CCSCC3)cn2C1. The van der Waals surface area contributed by atoms with E-state index >= 15 is 0 Å². The summed E-state index contributed by atoms with van der Waals surface area (Å²) in [6.07, 6.45) is 6.94. The molecule has 0 saturated carbocycles. The summed E-state index contributed by atoms with van der Waals surface area (Å²) in [6.45, 7) is 1.27. The maximum absolute atomic E-state index is 9.24. The molecule has 1 aromatic heterocycles. The van der Waals surface area contributed by atoms with E-state index in [1.165, 1.54) is 35.9 Å². The van der Waals surface area contributed by atoms with Crippen molar-refractivity contribution in [3.8, 4) is 0 Å². The second kappa shape index (κ2) is 5.02. The average molecular weight is 252 g/mol. The normalized spacial score (nSPS) is 25.8. The van der Waals surface area contributed by atoms with Gasteiger partial charge in [0.25, 0.3) is 0 Å². The van der Waals surface area contributed by atoms with Gasteiger partial charge in [-0.2, -0.15) is 11.8 Å². The molecule has 0 aromatic carbocycles. The van der Waals surface area contributed by atoms with Gasteiger partial charge in [0.15, 0.2) is 0 Å². The average Bonchev–Trinajstić information content (AvgIpc) is 2.82. The van der Waals surface area contributed by atoms with Gasteiger partial charge >= 0.3 is 0 Å². The minimum absolute atomic E-state index is 0.313. The fourth-order valence-corrected chi connectivity index (χ4v) is 3.98. The molecule has 1 unspecified atom stereocenters. The number of rotatable bonds is 2. The second-order valence-corrected chi connectivity index (χ2v) is 6.43. The Kier molecular flexibility index (Phi) is 3.43. The molecule has 1 fully saturated rings. The van der Waals surface area contributed by atoms with Crippen LogP contribution in [0.25, 0.3) is 0 Å². The summed E-state index contributed by atoms with van der Waals surface area (Å²) >= 11 is 2.06.